The fraction of sp³-hybridized carbons (Fsp3) is 0.364. The molecule has 0 spiro atoms. The summed E-state index contributed by atoms with van der Waals surface area (Å²) in [6, 6.07) is 5.79. The topological polar surface area (TPSA) is 64.4 Å². The Morgan fingerprint density at radius 1 is 1.32 bits per heavy atom. The third-order valence-corrected chi connectivity index (χ3v) is 2.10. The Labute approximate surface area is 114 Å². The lowest BCUT2D eigenvalue weighted by Crippen LogP contribution is -2.31. The van der Waals surface area contributed by atoms with Crippen molar-refractivity contribution in [3.63, 3.8) is 0 Å². The Hall–Kier alpha value is -1.47. The molecule has 0 saturated heterocycles. The Balaban J connectivity index is 0.00000324. The molecule has 0 unspecified atom stereocenters. The number of hydrogen-bond acceptors (Lipinski definition) is 3. The van der Waals surface area contributed by atoms with Crippen LogP contribution < -0.4 is 15.8 Å². The highest BCUT2D eigenvalue weighted by molar-refractivity contribution is 5.85. The van der Waals surface area contributed by atoms with Gasteiger partial charge in [0.25, 0.3) is 0 Å². The number of benzene rings is 1. The van der Waals surface area contributed by atoms with Gasteiger partial charge < -0.3 is 15.8 Å². The summed E-state index contributed by atoms with van der Waals surface area (Å²) in [4.78, 5) is 10.9. The van der Waals surface area contributed by atoms with Gasteiger partial charge in [0.2, 0.25) is 5.91 Å². The van der Waals surface area contributed by atoms with Gasteiger partial charge in [0.1, 0.15) is 5.75 Å². The van der Waals surface area contributed by atoms with E-state index in [1.165, 1.54) is 18.2 Å². The zero-order valence-electron chi connectivity index (χ0n) is 9.87. The summed E-state index contributed by atoms with van der Waals surface area (Å²) < 4.78 is 40.2. The van der Waals surface area contributed by atoms with Crippen LogP contribution in [-0.4, -0.2) is 25.4 Å². The zero-order chi connectivity index (χ0) is 13.6. The number of nitrogens with two attached hydrogens (primary N) is 1. The third-order valence-electron chi connectivity index (χ3n) is 2.10. The molecule has 1 rings (SSSR count). The summed E-state index contributed by atoms with van der Waals surface area (Å²) in [5.41, 5.74) is 5.45. The monoisotopic (exact) mass is 298 g/mol. The first-order valence-electron chi connectivity index (χ1n) is 5.23. The molecule has 0 aliphatic rings. The summed E-state index contributed by atoms with van der Waals surface area (Å²) in [6.07, 6.45) is -4.49. The van der Waals surface area contributed by atoms with Crippen LogP contribution in [-0.2, 0) is 11.2 Å². The predicted octanol–water partition coefficient (Wildman–Crippen LogP) is 1.62. The number of halogens is 4. The van der Waals surface area contributed by atoms with Crippen LogP contribution in [0.5, 0.6) is 5.75 Å². The van der Waals surface area contributed by atoms with Gasteiger partial charge in [-0.3, -0.25) is 4.79 Å². The van der Waals surface area contributed by atoms with Crippen molar-refractivity contribution in [3.8, 4) is 5.75 Å². The first-order chi connectivity index (χ1) is 8.42. The minimum absolute atomic E-state index is 0. The lowest BCUT2D eigenvalue weighted by Gasteiger charge is -2.13. The number of alkyl halides is 3. The van der Waals surface area contributed by atoms with Gasteiger partial charge in [0, 0.05) is 6.54 Å². The molecule has 0 fully saturated rings. The maximum atomic E-state index is 12.1. The molecular weight excluding hydrogens is 285 g/mol. The number of hydrogen-bond donors (Lipinski definition) is 2. The lowest BCUT2D eigenvalue weighted by atomic mass is 10.1. The van der Waals surface area contributed by atoms with Gasteiger partial charge in [-0.15, -0.1) is 25.6 Å². The minimum Gasteiger partial charge on any atom is -0.406 e. The first-order valence-corrected chi connectivity index (χ1v) is 5.23. The van der Waals surface area contributed by atoms with Gasteiger partial charge in [0.15, 0.2) is 0 Å². The Morgan fingerprint density at radius 3 is 2.53 bits per heavy atom. The van der Waals surface area contributed by atoms with E-state index in [2.05, 4.69) is 10.1 Å². The molecule has 0 aromatic heterocycles. The predicted molar refractivity (Wildman–Crippen MR) is 66.1 cm³/mol. The van der Waals surface area contributed by atoms with E-state index in [4.69, 9.17) is 5.73 Å². The maximum Gasteiger partial charge on any atom is 0.573 e. The summed E-state index contributed by atoms with van der Waals surface area (Å²) in [5.74, 6) is -0.615. The second kappa shape index (κ2) is 7.85. The molecule has 0 atom stereocenters. The van der Waals surface area contributed by atoms with E-state index in [-0.39, 0.29) is 43.6 Å². The van der Waals surface area contributed by atoms with Gasteiger partial charge in [-0.1, -0.05) is 18.2 Å². The van der Waals surface area contributed by atoms with Gasteiger partial charge >= 0.3 is 6.36 Å². The van der Waals surface area contributed by atoms with Crippen molar-refractivity contribution >= 4 is 18.3 Å². The normalized spacial score (nSPS) is 10.5. The molecule has 0 aliphatic heterocycles. The fourth-order valence-corrected chi connectivity index (χ4v) is 1.34. The molecule has 1 aromatic carbocycles. The first kappa shape index (κ1) is 17.5. The molecule has 108 valence electrons. The summed E-state index contributed by atoms with van der Waals surface area (Å²) in [6.45, 7) is 0.0506. The largest absolute Gasteiger partial charge is 0.573 e. The molecule has 0 radical (unpaired) electrons. The number of ether oxygens (including phenoxy) is 1. The molecule has 0 saturated carbocycles. The van der Waals surface area contributed by atoms with Crippen LogP contribution in [0.4, 0.5) is 13.2 Å². The van der Waals surface area contributed by atoms with Crippen molar-refractivity contribution in [3.05, 3.63) is 29.8 Å². The number of rotatable bonds is 5. The van der Waals surface area contributed by atoms with Crippen LogP contribution in [0.15, 0.2) is 24.3 Å². The van der Waals surface area contributed by atoms with Crippen molar-refractivity contribution in [2.24, 2.45) is 5.73 Å². The zero-order valence-corrected chi connectivity index (χ0v) is 10.7. The number of carbonyl (C=O) groups is 1. The summed E-state index contributed by atoms with van der Waals surface area (Å²) in [7, 11) is 0. The Kier molecular flexibility index (Phi) is 7.25. The van der Waals surface area contributed by atoms with Crippen LogP contribution in [0.3, 0.4) is 0 Å². The average molecular weight is 299 g/mol. The number of amides is 1. The highest BCUT2D eigenvalue weighted by Crippen LogP contribution is 2.26. The van der Waals surface area contributed by atoms with Crippen molar-refractivity contribution < 1.29 is 22.7 Å². The van der Waals surface area contributed by atoms with Crippen molar-refractivity contribution in [2.75, 3.05) is 13.1 Å². The Morgan fingerprint density at radius 2 is 1.95 bits per heavy atom. The molecule has 0 heterocycles. The summed E-state index contributed by atoms with van der Waals surface area (Å²) in [5, 5.41) is 2.47. The summed E-state index contributed by atoms with van der Waals surface area (Å²) >= 11 is 0. The van der Waals surface area contributed by atoms with E-state index in [0.717, 1.165) is 0 Å². The second-order valence-corrected chi connectivity index (χ2v) is 3.46. The molecule has 1 aromatic rings. The molecule has 1 amide bonds. The number of carbonyl (C=O) groups excluding carboxylic acids is 1. The number of para-hydroxylation sites is 1. The molecule has 0 aliphatic carbocycles. The fourth-order valence-electron chi connectivity index (χ4n) is 1.34. The van der Waals surface area contributed by atoms with Gasteiger partial charge in [-0.25, -0.2) is 0 Å². The van der Waals surface area contributed by atoms with Crippen molar-refractivity contribution in [1.82, 2.24) is 5.32 Å². The minimum atomic E-state index is -4.73. The van der Waals surface area contributed by atoms with Crippen molar-refractivity contribution in [1.29, 1.82) is 0 Å². The Bertz CT molecular complexity index is 413. The van der Waals surface area contributed by atoms with Gasteiger partial charge in [0.05, 0.1) is 6.54 Å². The smallest absolute Gasteiger partial charge is 0.406 e. The van der Waals surface area contributed by atoms with Crippen LogP contribution in [0.2, 0.25) is 0 Å². The second-order valence-electron chi connectivity index (χ2n) is 3.46. The highest BCUT2D eigenvalue weighted by Gasteiger charge is 2.31. The van der Waals surface area contributed by atoms with Crippen molar-refractivity contribution in [2.45, 2.75) is 12.8 Å². The quantitative estimate of drug-likeness (QED) is 0.868. The molecule has 0 bridgehead atoms. The number of nitrogens with one attached hydrogen (secondary N) is 1. The van der Waals surface area contributed by atoms with E-state index in [1.807, 2.05) is 0 Å². The molecular formula is C11H14ClF3N2O2. The maximum absolute atomic E-state index is 12.1. The van der Waals surface area contributed by atoms with E-state index < -0.39 is 6.36 Å². The highest BCUT2D eigenvalue weighted by atomic mass is 35.5. The standard InChI is InChI=1S/C11H13F3N2O2.ClH/c12-11(13,14)18-9-4-2-1-3-8(9)5-6-16-10(17)7-15;/h1-4H,5-7,15H2,(H,16,17);1H. The van der Waals surface area contributed by atoms with Gasteiger partial charge in [-0.2, -0.15) is 0 Å². The van der Waals surface area contributed by atoms with Crippen LogP contribution in [0.25, 0.3) is 0 Å². The van der Waals surface area contributed by atoms with Crippen LogP contribution in [0, 0.1) is 0 Å². The third kappa shape index (κ3) is 6.88. The van der Waals surface area contributed by atoms with Crippen LogP contribution >= 0.6 is 12.4 Å². The molecule has 8 heteroatoms. The lowest BCUT2D eigenvalue weighted by molar-refractivity contribution is -0.274. The molecule has 3 N–H and O–H groups in total. The van der Waals surface area contributed by atoms with E-state index in [0.29, 0.717) is 5.56 Å². The van der Waals surface area contributed by atoms with Crippen LogP contribution in [0.1, 0.15) is 5.56 Å². The van der Waals surface area contributed by atoms with E-state index in [9.17, 15) is 18.0 Å². The van der Waals surface area contributed by atoms with Gasteiger partial charge in [-0.05, 0) is 18.1 Å². The molecule has 19 heavy (non-hydrogen) atoms. The molecule has 4 nitrogen and oxygen atoms in total. The van der Waals surface area contributed by atoms with E-state index >= 15 is 0 Å². The van der Waals surface area contributed by atoms with E-state index in [1.54, 1.807) is 6.07 Å². The average Bonchev–Trinajstić information content (AvgIpc) is 2.29. The SMILES string of the molecule is Cl.NCC(=O)NCCc1ccccc1OC(F)(F)F.